The van der Waals surface area contributed by atoms with E-state index in [2.05, 4.69) is 21.8 Å². The van der Waals surface area contributed by atoms with E-state index < -0.39 is 18.1 Å². The molecule has 8 heteroatoms. The summed E-state index contributed by atoms with van der Waals surface area (Å²) in [7, 11) is 1.48. The number of aliphatic carboxylic acids is 1. The summed E-state index contributed by atoms with van der Waals surface area (Å²) in [4.78, 5) is 24.3. The summed E-state index contributed by atoms with van der Waals surface area (Å²) in [6.07, 6.45) is -0.953. The number of fused-ring (bicyclic) bond motifs is 3. The Hall–Kier alpha value is -3.39. The van der Waals surface area contributed by atoms with Crippen LogP contribution >= 0.6 is 11.5 Å². The first-order valence-corrected chi connectivity index (χ1v) is 10.2. The lowest BCUT2D eigenvalue weighted by Crippen LogP contribution is -2.31. The molecule has 0 radical (unpaired) electrons. The van der Waals surface area contributed by atoms with Gasteiger partial charge in [0.2, 0.25) is 5.88 Å². The Balaban J connectivity index is 1.47. The van der Waals surface area contributed by atoms with Gasteiger partial charge in [-0.15, -0.1) is 0 Å². The highest BCUT2D eigenvalue weighted by Crippen LogP contribution is 2.44. The normalized spacial score (nSPS) is 13.2. The Bertz CT molecular complexity index is 1040. The first kappa shape index (κ1) is 19.9. The minimum Gasteiger partial charge on any atom is -0.481 e. The van der Waals surface area contributed by atoms with Crippen molar-refractivity contribution in [2.75, 3.05) is 13.7 Å². The molecule has 0 unspecified atom stereocenters. The summed E-state index contributed by atoms with van der Waals surface area (Å²) < 4.78 is 14.6. The predicted molar refractivity (Wildman–Crippen MR) is 112 cm³/mol. The molecule has 1 aliphatic rings. The number of nitrogens with zero attached hydrogens (tertiary/aromatic N) is 1. The number of amides is 1. The molecule has 1 aliphatic carbocycles. The molecule has 1 heterocycles. The molecular weight excluding hydrogens is 404 g/mol. The van der Waals surface area contributed by atoms with Gasteiger partial charge in [0, 0.05) is 12.0 Å². The maximum absolute atomic E-state index is 12.5. The van der Waals surface area contributed by atoms with Crippen molar-refractivity contribution >= 4 is 23.6 Å². The van der Waals surface area contributed by atoms with Crippen molar-refractivity contribution in [1.29, 1.82) is 0 Å². The van der Waals surface area contributed by atoms with Crippen molar-refractivity contribution in [2.45, 2.75) is 18.4 Å². The second-order valence-corrected chi connectivity index (χ2v) is 7.73. The van der Waals surface area contributed by atoms with Crippen LogP contribution in [-0.4, -0.2) is 35.3 Å². The lowest BCUT2D eigenvalue weighted by molar-refractivity contribution is -0.137. The molecule has 0 aliphatic heterocycles. The van der Waals surface area contributed by atoms with E-state index in [1.807, 2.05) is 36.4 Å². The molecule has 0 saturated carbocycles. The number of rotatable bonds is 7. The van der Waals surface area contributed by atoms with Crippen LogP contribution in [0.15, 0.2) is 54.6 Å². The molecule has 1 aromatic heterocycles. The third-order valence-corrected chi connectivity index (χ3v) is 5.96. The summed E-state index contributed by atoms with van der Waals surface area (Å²) in [5.41, 5.74) is 4.51. The van der Waals surface area contributed by atoms with Gasteiger partial charge in [-0.3, -0.25) is 4.79 Å². The van der Waals surface area contributed by atoms with E-state index >= 15 is 0 Å². The lowest BCUT2D eigenvalue weighted by atomic mass is 9.98. The highest BCUT2D eigenvalue weighted by atomic mass is 32.1. The number of carbonyl (C=O) groups is 2. The van der Waals surface area contributed by atoms with Crippen LogP contribution in [0.5, 0.6) is 5.88 Å². The lowest BCUT2D eigenvalue weighted by Gasteiger charge is -2.18. The number of hydrogen-bond acceptors (Lipinski definition) is 6. The molecule has 2 N–H and O–H groups in total. The number of benzene rings is 2. The van der Waals surface area contributed by atoms with Gasteiger partial charge in [0.25, 0.3) is 0 Å². The fourth-order valence-corrected chi connectivity index (χ4v) is 4.46. The minimum atomic E-state index is -1.04. The van der Waals surface area contributed by atoms with Gasteiger partial charge in [-0.25, -0.2) is 4.79 Å². The standard InChI is InChI=1S/C22H20N2O5S/c1-28-20-11-19(30-24-20)18(10-21(25)26)23-22(27)29-12-17-15-8-4-2-6-13(15)14-7-3-5-9-16(14)17/h2-9,11,17-18H,10,12H2,1H3,(H,23,27)(H,25,26)/t18-/m0/s1. The first-order valence-electron chi connectivity index (χ1n) is 9.40. The van der Waals surface area contributed by atoms with Gasteiger partial charge in [0.15, 0.2) is 0 Å². The number of alkyl carbamates (subject to hydrolysis) is 1. The molecule has 1 atom stereocenters. The zero-order valence-corrected chi connectivity index (χ0v) is 17.0. The Kier molecular flexibility index (Phi) is 5.67. The van der Waals surface area contributed by atoms with E-state index in [1.165, 1.54) is 7.11 Å². The number of carboxylic acids is 1. The van der Waals surface area contributed by atoms with E-state index in [4.69, 9.17) is 9.47 Å². The van der Waals surface area contributed by atoms with Crippen molar-refractivity contribution in [3.8, 4) is 17.0 Å². The summed E-state index contributed by atoms with van der Waals surface area (Å²) in [6, 6.07) is 17.0. The van der Waals surface area contributed by atoms with Crippen molar-refractivity contribution < 1.29 is 24.2 Å². The van der Waals surface area contributed by atoms with Gasteiger partial charge in [-0.05, 0) is 33.8 Å². The monoisotopic (exact) mass is 424 g/mol. The van der Waals surface area contributed by atoms with Crippen LogP contribution in [0.2, 0.25) is 0 Å². The summed E-state index contributed by atoms with van der Waals surface area (Å²) in [6.45, 7) is 0.158. The molecule has 0 saturated heterocycles. The maximum Gasteiger partial charge on any atom is 0.407 e. The molecule has 1 amide bonds. The average Bonchev–Trinajstić information content (AvgIpc) is 3.35. The zero-order chi connectivity index (χ0) is 21.1. The molecule has 154 valence electrons. The number of hydrogen-bond donors (Lipinski definition) is 2. The van der Waals surface area contributed by atoms with Gasteiger partial charge in [-0.1, -0.05) is 48.5 Å². The largest absolute Gasteiger partial charge is 0.481 e. The first-order chi connectivity index (χ1) is 14.6. The molecular formula is C22H20N2O5S. The van der Waals surface area contributed by atoms with Crippen molar-refractivity contribution in [2.24, 2.45) is 0 Å². The SMILES string of the molecule is COc1cc([C@H](CC(=O)O)NC(=O)OCC2c3ccccc3-c3ccccc32)sn1. The van der Waals surface area contributed by atoms with Crippen LogP contribution in [0, 0.1) is 0 Å². The number of nitrogens with one attached hydrogen (secondary N) is 1. The third kappa shape index (κ3) is 3.99. The van der Waals surface area contributed by atoms with Crippen LogP contribution in [0.3, 0.4) is 0 Å². The van der Waals surface area contributed by atoms with Crippen LogP contribution in [0.25, 0.3) is 11.1 Å². The minimum absolute atomic E-state index is 0.0652. The maximum atomic E-state index is 12.5. The van der Waals surface area contributed by atoms with Gasteiger partial charge < -0.3 is 19.9 Å². The highest BCUT2D eigenvalue weighted by molar-refractivity contribution is 7.06. The van der Waals surface area contributed by atoms with E-state index in [0.717, 1.165) is 33.8 Å². The molecule has 0 spiro atoms. The van der Waals surface area contributed by atoms with Crippen LogP contribution < -0.4 is 10.1 Å². The van der Waals surface area contributed by atoms with Crippen molar-refractivity contribution in [3.63, 3.8) is 0 Å². The summed E-state index contributed by atoms with van der Waals surface area (Å²) in [5.74, 6) is -0.726. The summed E-state index contributed by atoms with van der Waals surface area (Å²) >= 11 is 1.08. The number of ether oxygens (including phenoxy) is 2. The smallest absolute Gasteiger partial charge is 0.407 e. The third-order valence-electron chi connectivity index (χ3n) is 5.07. The molecule has 4 rings (SSSR count). The van der Waals surface area contributed by atoms with Crippen LogP contribution in [-0.2, 0) is 9.53 Å². The van der Waals surface area contributed by atoms with Gasteiger partial charge in [0.05, 0.1) is 24.4 Å². The van der Waals surface area contributed by atoms with Crippen LogP contribution in [0.4, 0.5) is 4.79 Å². The fraction of sp³-hybridized carbons (Fsp3) is 0.227. The fourth-order valence-electron chi connectivity index (χ4n) is 3.71. The molecule has 3 aromatic rings. The average molecular weight is 424 g/mol. The van der Waals surface area contributed by atoms with E-state index in [1.54, 1.807) is 6.07 Å². The summed E-state index contributed by atoms with van der Waals surface area (Å²) in [5, 5.41) is 11.9. The molecule has 0 fully saturated rings. The number of methoxy groups -OCH3 is 1. The number of aromatic nitrogens is 1. The van der Waals surface area contributed by atoms with Crippen molar-refractivity contribution in [3.05, 3.63) is 70.6 Å². The Morgan fingerprint density at radius 2 is 1.77 bits per heavy atom. The van der Waals surface area contributed by atoms with E-state index in [9.17, 15) is 14.7 Å². The van der Waals surface area contributed by atoms with E-state index in [0.29, 0.717) is 10.8 Å². The molecule has 2 aromatic carbocycles. The Labute approximate surface area is 177 Å². The molecule has 7 nitrogen and oxygen atoms in total. The second kappa shape index (κ2) is 8.54. The quantitative estimate of drug-likeness (QED) is 0.590. The van der Waals surface area contributed by atoms with Gasteiger partial charge in [-0.2, -0.15) is 4.37 Å². The van der Waals surface area contributed by atoms with E-state index in [-0.39, 0.29) is 18.9 Å². The Morgan fingerprint density at radius 1 is 1.13 bits per heavy atom. The van der Waals surface area contributed by atoms with Crippen molar-refractivity contribution in [1.82, 2.24) is 9.69 Å². The Morgan fingerprint density at radius 3 is 2.33 bits per heavy atom. The van der Waals surface area contributed by atoms with Gasteiger partial charge >= 0.3 is 12.1 Å². The number of carboxylic acid groups (broad SMARTS) is 1. The molecule has 0 bridgehead atoms. The molecule has 30 heavy (non-hydrogen) atoms. The topological polar surface area (TPSA) is 97.8 Å². The predicted octanol–water partition coefficient (Wildman–Crippen LogP) is 4.21. The van der Waals surface area contributed by atoms with Gasteiger partial charge in [0.1, 0.15) is 6.61 Å². The van der Waals surface area contributed by atoms with Crippen LogP contribution in [0.1, 0.15) is 34.4 Å². The zero-order valence-electron chi connectivity index (χ0n) is 16.2. The second-order valence-electron chi connectivity index (χ2n) is 6.89. The highest BCUT2D eigenvalue weighted by Gasteiger charge is 2.29. The number of carbonyl (C=O) groups excluding carboxylic acids is 1.